The maximum absolute atomic E-state index is 9.22. The van der Waals surface area contributed by atoms with Crippen LogP contribution in [0.25, 0.3) is 0 Å². The van der Waals surface area contributed by atoms with Crippen molar-refractivity contribution in [3.63, 3.8) is 0 Å². The SMILES string of the molecule is CC(C)CC[n+]1ccccc1.COS(=O)(=O)[O-]. The molecule has 0 aliphatic rings. The van der Waals surface area contributed by atoms with Gasteiger partial charge in [-0.1, -0.05) is 19.9 Å². The molecule has 98 valence electrons. The first kappa shape index (κ1) is 16.0. The molecule has 17 heavy (non-hydrogen) atoms. The molecule has 0 amide bonds. The van der Waals surface area contributed by atoms with Crippen LogP contribution in [0.3, 0.4) is 0 Å². The van der Waals surface area contributed by atoms with Crippen molar-refractivity contribution in [3.05, 3.63) is 30.6 Å². The molecule has 0 aromatic carbocycles. The Hall–Kier alpha value is -0.980. The molecule has 0 N–H and O–H groups in total. The largest absolute Gasteiger partial charge is 0.726 e. The van der Waals surface area contributed by atoms with Gasteiger partial charge in [-0.3, -0.25) is 4.18 Å². The molecule has 0 atom stereocenters. The number of pyridine rings is 1. The van der Waals surface area contributed by atoms with E-state index in [1.807, 2.05) is 6.07 Å². The van der Waals surface area contributed by atoms with E-state index in [-0.39, 0.29) is 0 Å². The number of aromatic nitrogens is 1. The Labute approximate surface area is 103 Å². The standard InChI is InChI=1S/C10H16N.CH4O4S/c1-10(2)6-9-11-7-4-3-5-8-11;1-5-6(2,3)4/h3-5,7-8,10H,6,9H2,1-2H3;1H3,(H,2,3,4)/q+1;/p-1. The van der Waals surface area contributed by atoms with Crippen LogP contribution in [0, 0.1) is 5.92 Å². The summed E-state index contributed by atoms with van der Waals surface area (Å²) in [6, 6.07) is 6.19. The van der Waals surface area contributed by atoms with Crippen molar-refractivity contribution in [2.24, 2.45) is 5.92 Å². The lowest BCUT2D eigenvalue weighted by atomic mass is 10.1. The molecule has 0 saturated carbocycles. The zero-order valence-electron chi connectivity index (χ0n) is 10.4. The zero-order valence-corrected chi connectivity index (χ0v) is 11.2. The summed E-state index contributed by atoms with van der Waals surface area (Å²) < 4.78 is 33.2. The summed E-state index contributed by atoms with van der Waals surface area (Å²) in [6.07, 6.45) is 5.49. The normalized spacial score (nSPS) is 10.9. The van der Waals surface area contributed by atoms with E-state index in [9.17, 15) is 13.0 Å². The second-order valence-corrected chi connectivity index (χ2v) is 5.02. The first-order chi connectivity index (χ1) is 7.85. The Morgan fingerprint density at radius 3 is 2.06 bits per heavy atom. The van der Waals surface area contributed by atoms with Gasteiger partial charge in [-0.15, -0.1) is 0 Å². The van der Waals surface area contributed by atoms with E-state index in [0.29, 0.717) is 0 Å². The minimum absolute atomic E-state index is 0.794. The molecule has 5 nitrogen and oxygen atoms in total. The second-order valence-electron chi connectivity index (χ2n) is 3.87. The molecule has 0 radical (unpaired) electrons. The van der Waals surface area contributed by atoms with Gasteiger partial charge in [0.25, 0.3) is 0 Å². The molecule has 0 fully saturated rings. The van der Waals surface area contributed by atoms with Crippen molar-refractivity contribution in [1.29, 1.82) is 0 Å². The summed E-state index contributed by atoms with van der Waals surface area (Å²) in [7, 11) is -3.60. The van der Waals surface area contributed by atoms with Gasteiger partial charge in [0.05, 0.1) is 7.11 Å². The number of nitrogens with zero attached hydrogens (tertiary/aromatic N) is 1. The van der Waals surface area contributed by atoms with Gasteiger partial charge in [0, 0.05) is 18.6 Å². The summed E-state index contributed by atoms with van der Waals surface area (Å²) in [5.74, 6) is 0.794. The van der Waals surface area contributed by atoms with Crippen LogP contribution in [0.4, 0.5) is 0 Å². The molecule has 0 aliphatic heterocycles. The van der Waals surface area contributed by atoms with Gasteiger partial charge in [0.15, 0.2) is 12.4 Å². The van der Waals surface area contributed by atoms with Crippen LogP contribution in [-0.2, 0) is 21.1 Å². The van der Waals surface area contributed by atoms with Crippen LogP contribution in [0.5, 0.6) is 0 Å². The first-order valence-corrected chi connectivity index (χ1v) is 6.64. The van der Waals surface area contributed by atoms with Crippen LogP contribution >= 0.6 is 0 Å². The topological polar surface area (TPSA) is 70.3 Å². The summed E-state index contributed by atoms with van der Waals surface area (Å²) in [4.78, 5) is 0. The zero-order chi connectivity index (χ0) is 13.3. The smallest absolute Gasteiger partial charge is 0.217 e. The van der Waals surface area contributed by atoms with Crippen LogP contribution < -0.4 is 4.57 Å². The molecular weight excluding hydrogens is 242 g/mol. The van der Waals surface area contributed by atoms with E-state index >= 15 is 0 Å². The van der Waals surface area contributed by atoms with E-state index in [4.69, 9.17) is 0 Å². The van der Waals surface area contributed by atoms with Crippen molar-refractivity contribution >= 4 is 10.4 Å². The number of rotatable bonds is 4. The average Bonchev–Trinajstić information content (AvgIpc) is 2.28. The Morgan fingerprint density at radius 2 is 1.71 bits per heavy atom. The highest BCUT2D eigenvalue weighted by Crippen LogP contribution is 1.97. The molecule has 0 unspecified atom stereocenters. The van der Waals surface area contributed by atoms with E-state index in [0.717, 1.165) is 19.6 Å². The fourth-order valence-corrected chi connectivity index (χ4v) is 0.991. The molecule has 1 rings (SSSR count). The van der Waals surface area contributed by atoms with Gasteiger partial charge in [-0.05, 0) is 5.92 Å². The summed E-state index contributed by atoms with van der Waals surface area (Å²) in [5.41, 5.74) is 0. The second kappa shape index (κ2) is 8.16. The Kier molecular flexibility index (Phi) is 7.69. The highest BCUT2D eigenvalue weighted by atomic mass is 32.3. The van der Waals surface area contributed by atoms with Gasteiger partial charge < -0.3 is 4.55 Å². The lowest BCUT2D eigenvalue weighted by molar-refractivity contribution is -0.698. The molecule has 1 aromatic heterocycles. The maximum Gasteiger partial charge on any atom is 0.217 e. The molecule has 0 aliphatic carbocycles. The first-order valence-electron chi connectivity index (χ1n) is 5.30. The minimum atomic E-state index is -4.41. The molecular formula is C11H19NO4S. The van der Waals surface area contributed by atoms with Crippen molar-refractivity contribution in [1.82, 2.24) is 0 Å². The van der Waals surface area contributed by atoms with Gasteiger partial charge in [0.1, 0.15) is 6.54 Å². The van der Waals surface area contributed by atoms with Crippen LogP contribution in [0.1, 0.15) is 20.3 Å². The van der Waals surface area contributed by atoms with Crippen LogP contribution in [0.2, 0.25) is 0 Å². The van der Waals surface area contributed by atoms with E-state index in [1.54, 1.807) is 0 Å². The van der Waals surface area contributed by atoms with Crippen molar-refractivity contribution in [2.45, 2.75) is 26.8 Å². The quantitative estimate of drug-likeness (QED) is 0.462. The van der Waals surface area contributed by atoms with E-state index in [1.165, 1.54) is 6.42 Å². The fraction of sp³-hybridized carbons (Fsp3) is 0.545. The lowest BCUT2D eigenvalue weighted by Crippen LogP contribution is -2.32. The number of aryl methyl sites for hydroxylation is 1. The number of hydrogen-bond donors (Lipinski definition) is 0. The summed E-state index contributed by atoms with van der Waals surface area (Å²) in [6.45, 7) is 5.64. The Bertz CT molecular complexity index is 389. The average molecular weight is 261 g/mol. The van der Waals surface area contributed by atoms with Gasteiger partial charge in [-0.2, -0.15) is 0 Å². The maximum atomic E-state index is 9.22. The highest BCUT2D eigenvalue weighted by molar-refractivity contribution is 7.80. The van der Waals surface area contributed by atoms with Crippen molar-refractivity contribution in [2.75, 3.05) is 7.11 Å². The van der Waals surface area contributed by atoms with Gasteiger partial charge in [-0.25, -0.2) is 13.0 Å². The Morgan fingerprint density at radius 1 is 1.24 bits per heavy atom. The van der Waals surface area contributed by atoms with Crippen LogP contribution in [-0.4, -0.2) is 20.1 Å². The third-order valence-electron chi connectivity index (χ3n) is 1.95. The van der Waals surface area contributed by atoms with Gasteiger partial charge in [0.2, 0.25) is 10.4 Å². The number of hydrogen-bond acceptors (Lipinski definition) is 4. The summed E-state index contributed by atoms with van der Waals surface area (Å²) >= 11 is 0. The molecule has 0 saturated heterocycles. The fourth-order valence-electron chi connectivity index (χ4n) is 0.991. The van der Waals surface area contributed by atoms with Crippen molar-refractivity contribution < 1.29 is 21.7 Å². The highest BCUT2D eigenvalue weighted by Gasteiger charge is 1.99. The predicted molar refractivity (Wildman–Crippen MR) is 62.8 cm³/mol. The predicted octanol–water partition coefficient (Wildman–Crippen LogP) is 1.11. The Balaban J connectivity index is 0.000000366. The molecule has 1 aromatic rings. The van der Waals surface area contributed by atoms with Gasteiger partial charge >= 0.3 is 0 Å². The lowest BCUT2D eigenvalue weighted by Gasteiger charge is -1.99. The van der Waals surface area contributed by atoms with Crippen molar-refractivity contribution in [3.8, 4) is 0 Å². The van der Waals surface area contributed by atoms with E-state index < -0.39 is 10.4 Å². The third-order valence-corrected chi connectivity index (χ3v) is 2.35. The monoisotopic (exact) mass is 261 g/mol. The van der Waals surface area contributed by atoms with Crippen LogP contribution in [0.15, 0.2) is 30.6 Å². The third kappa shape index (κ3) is 11.3. The van der Waals surface area contributed by atoms with E-state index in [2.05, 4.69) is 47.1 Å². The molecule has 0 bridgehead atoms. The minimum Gasteiger partial charge on any atom is -0.726 e. The summed E-state index contributed by atoms with van der Waals surface area (Å²) in [5, 5.41) is 0. The molecule has 1 heterocycles. The molecule has 6 heteroatoms. The molecule has 0 spiro atoms.